The first-order valence-corrected chi connectivity index (χ1v) is 8.01. The minimum absolute atomic E-state index is 0.248. The molecule has 2 N–H and O–H groups in total. The molecule has 0 aliphatic rings. The monoisotopic (exact) mass is 362 g/mol. The number of ether oxygens (including phenoxy) is 2. The maximum atomic E-state index is 12.4. The summed E-state index contributed by atoms with van der Waals surface area (Å²) >= 11 is 6.02. The van der Waals surface area contributed by atoms with Gasteiger partial charge in [0, 0.05) is 18.2 Å². The number of carbonyl (C=O) groups is 2. The summed E-state index contributed by atoms with van der Waals surface area (Å²) in [5.74, 6) is 0.476. The molecule has 0 aliphatic heterocycles. The summed E-state index contributed by atoms with van der Waals surface area (Å²) in [6.07, 6.45) is 0. The molecule has 0 atom stereocenters. The normalized spacial score (nSPS) is 10.1. The quantitative estimate of drug-likeness (QED) is 0.815. The SMILES string of the molecule is CCOc1ccc(C(=O)Nc2ccc(Cl)c(NC(C)=O)c2)cc1OC. The highest BCUT2D eigenvalue weighted by atomic mass is 35.5. The smallest absolute Gasteiger partial charge is 0.255 e. The number of methoxy groups -OCH3 is 1. The Morgan fingerprint density at radius 2 is 1.84 bits per heavy atom. The molecule has 0 unspecified atom stereocenters. The summed E-state index contributed by atoms with van der Waals surface area (Å²) in [5, 5.41) is 5.75. The summed E-state index contributed by atoms with van der Waals surface area (Å²) in [6.45, 7) is 3.75. The highest BCUT2D eigenvalue weighted by molar-refractivity contribution is 6.33. The Morgan fingerprint density at radius 3 is 2.48 bits per heavy atom. The van der Waals surface area contributed by atoms with Crippen LogP contribution in [0.15, 0.2) is 36.4 Å². The molecule has 2 rings (SSSR count). The number of nitrogens with one attached hydrogen (secondary N) is 2. The third kappa shape index (κ3) is 4.87. The zero-order valence-electron chi connectivity index (χ0n) is 14.2. The molecule has 6 nitrogen and oxygen atoms in total. The Morgan fingerprint density at radius 1 is 1.08 bits per heavy atom. The number of amides is 2. The molecule has 132 valence electrons. The second kappa shape index (κ2) is 8.39. The van der Waals surface area contributed by atoms with Gasteiger partial charge >= 0.3 is 0 Å². The molecule has 7 heteroatoms. The van der Waals surface area contributed by atoms with Gasteiger partial charge in [0.25, 0.3) is 5.91 Å². The van der Waals surface area contributed by atoms with Crippen molar-refractivity contribution in [3.05, 3.63) is 47.0 Å². The zero-order valence-corrected chi connectivity index (χ0v) is 14.9. The second-order valence-electron chi connectivity index (χ2n) is 5.13. The fraction of sp³-hybridized carbons (Fsp3) is 0.222. The summed E-state index contributed by atoms with van der Waals surface area (Å²) in [7, 11) is 1.51. The van der Waals surface area contributed by atoms with E-state index in [1.54, 1.807) is 36.4 Å². The van der Waals surface area contributed by atoms with Crippen LogP contribution in [-0.2, 0) is 4.79 Å². The molecule has 0 saturated heterocycles. The van der Waals surface area contributed by atoms with Gasteiger partial charge in [-0.2, -0.15) is 0 Å². The summed E-state index contributed by atoms with van der Waals surface area (Å²) in [4.78, 5) is 23.6. The van der Waals surface area contributed by atoms with Crippen molar-refractivity contribution in [1.82, 2.24) is 0 Å². The lowest BCUT2D eigenvalue weighted by Crippen LogP contribution is -2.13. The van der Waals surface area contributed by atoms with Crippen LogP contribution in [0.4, 0.5) is 11.4 Å². The fourth-order valence-electron chi connectivity index (χ4n) is 2.18. The fourth-order valence-corrected chi connectivity index (χ4v) is 2.34. The van der Waals surface area contributed by atoms with Crippen molar-refractivity contribution in [3.8, 4) is 11.5 Å². The van der Waals surface area contributed by atoms with E-state index in [0.29, 0.717) is 40.1 Å². The minimum atomic E-state index is -0.322. The lowest BCUT2D eigenvalue weighted by Gasteiger charge is -2.12. The number of halogens is 1. The Labute approximate surface area is 151 Å². The van der Waals surface area contributed by atoms with Gasteiger partial charge in [-0.15, -0.1) is 0 Å². The molecule has 0 bridgehead atoms. The number of benzene rings is 2. The van der Waals surface area contributed by atoms with Crippen LogP contribution in [0.5, 0.6) is 11.5 Å². The van der Waals surface area contributed by atoms with E-state index in [1.807, 2.05) is 6.92 Å². The van der Waals surface area contributed by atoms with E-state index in [-0.39, 0.29) is 11.8 Å². The lowest BCUT2D eigenvalue weighted by molar-refractivity contribution is -0.114. The van der Waals surface area contributed by atoms with E-state index < -0.39 is 0 Å². The molecule has 2 aromatic rings. The van der Waals surface area contributed by atoms with Crippen LogP contribution in [0.1, 0.15) is 24.2 Å². The van der Waals surface area contributed by atoms with Crippen LogP contribution < -0.4 is 20.1 Å². The standard InChI is InChI=1S/C18H19ClN2O4/c1-4-25-16-8-5-12(9-17(16)24-3)18(23)21-13-6-7-14(19)15(10-13)20-11(2)22/h5-10H,4H2,1-3H3,(H,20,22)(H,21,23). The second-order valence-corrected chi connectivity index (χ2v) is 5.54. The van der Waals surface area contributed by atoms with Crippen LogP contribution >= 0.6 is 11.6 Å². The van der Waals surface area contributed by atoms with Crippen molar-refractivity contribution in [3.63, 3.8) is 0 Å². The summed E-state index contributed by atoms with van der Waals surface area (Å²) in [5.41, 5.74) is 1.35. The minimum Gasteiger partial charge on any atom is -0.493 e. The molecular formula is C18H19ClN2O4. The average molecular weight is 363 g/mol. The van der Waals surface area contributed by atoms with Crippen molar-refractivity contribution in [2.24, 2.45) is 0 Å². The van der Waals surface area contributed by atoms with E-state index >= 15 is 0 Å². The molecule has 0 aliphatic carbocycles. The molecule has 2 amide bonds. The Kier molecular flexibility index (Phi) is 6.25. The summed E-state index contributed by atoms with van der Waals surface area (Å²) < 4.78 is 10.7. The van der Waals surface area contributed by atoms with Gasteiger partial charge in [0.15, 0.2) is 11.5 Å². The van der Waals surface area contributed by atoms with Crippen LogP contribution in [0.3, 0.4) is 0 Å². The Bertz CT molecular complexity index is 793. The first-order chi connectivity index (χ1) is 11.9. The van der Waals surface area contributed by atoms with Gasteiger partial charge in [0.2, 0.25) is 5.91 Å². The van der Waals surface area contributed by atoms with E-state index in [9.17, 15) is 9.59 Å². The molecule has 0 spiro atoms. The van der Waals surface area contributed by atoms with Gasteiger partial charge in [-0.25, -0.2) is 0 Å². The molecular weight excluding hydrogens is 344 g/mol. The van der Waals surface area contributed by atoms with Crippen molar-refractivity contribution in [1.29, 1.82) is 0 Å². The van der Waals surface area contributed by atoms with Gasteiger partial charge in [-0.3, -0.25) is 9.59 Å². The van der Waals surface area contributed by atoms with Crippen molar-refractivity contribution < 1.29 is 19.1 Å². The highest BCUT2D eigenvalue weighted by Gasteiger charge is 2.12. The maximum absolute atomic E-state index is 12.4. The first-order valence-electron chi connectivity index (χ1n) is 7.64. The van der Waals surface area contributed by atoms with Crippen molar-refractivity contribution in [2.45, 2.75) is 13.8 Å². The maximum Gasteiger partial charge on any atom is 0.255 e. The molecule has 0 aromatic heterocycles. The molecule has 25 heavy (non-hydrogen) atoms. The number of hydrogen-bond donors (Lipinski definition) is 2. The third-order valence-corrected chi connectivity index (χ3v) is 3.59. The van der Waals surface area contributed by atoms with Crippen molar-refractivity contribution >= 4 is 34.8 Å². The largest absolute Gasteiger partial charge is 0.493 e. The summed E-state index contributed by atoms with van der Waals surface area (Å²) in [6, 6.07) is 9.77. The van der Waals surface area contributed by atoms with Crippen LogP contribution in [0, 0.1) is 0 Å². The van der Waals surface area contributed by atoms with Gasteiger partial charge in [-0.1, -0.05) is 11.6 Å². The number of anilines is 2. The van der Waals surface area contributed by atoms with E-state index in [0.717, 1.165) is 0 Å². The Hall–Kier alpha value is -2.73. The number of rotatable bonds is 6. The number of hydrogen-bond acceptors (Lipinski definition) is 4. The lowest BCUT2D eigenvalue weighted by atomic mass is 10.1. The van der Waals surface area contributed by atoms with Crippen molar-refractivity contribution in [2.75, 3.05) is 24.4 Å². The third-order valence-electron chi connectivity index (χ3n) is 3.26. The van der Waals surface area contributed by atoms with E-state index in [2.05, 4.69) is 10.6 Å². The topological polar surface area (TPSA) is 76.7 Å². The molecule has 2 aromatic carbocycles. The van der Waals surface area contributed by atoms with Gasteiger partial charge in [-0.05, 0) is 43.3 Å². The predicted molar refractivity (Wildman–Crippen MR) is 97.9 cm³/mol. The van der Waals surface area contributed by atoms with Crippen LogP contribution in [0.25, 0.3) is 0 Å². The van der Waals surface area contributed by atoms with E-state index in [1.165, 1.54) is 14.0 Å². The zero-order chi connectivity index (χ0) is 18.4. The van der Waals surface area contributed by atoms with Gasteiger partial charge in [0.1, 0.15) is 0 Å². The van der Waals surface area contributed by atoms with Crippen LogP contribution in [-0.4, -0.2) is 25.5 Å². The first kappa shape index (κ1) is 18.6. The van der Waals surface area contributed by atoms with Crippen LogP contribution in [0.2, 0.25) is 5.02 Å². The average Bonchev–Trinajstić information content (AvgIpc) is 2.58. The predicted octanol–water partition coefficient (Wildman–Crippen LogP) is 3.96. The highest BCUT2D eigenvalue weighted by Crippen LogP contribution is 2.29. The number of carbonyl (C=O) groups excluding carboxylic acids is 2. The molecule has 0 heterocycles. The van der Waals surface area contributed by atoms with E-state index in [4.69, 9.17) is 21.1 Å². The Balaban J connectivity index is 2.20. The van der Waals surface area contributed by atoms with Gasteiger partial charge < -0.3 is 20.1 Å². The van der Waals surface area contributed by atoms with Gasteiger partial charge in [0.05, 0.1) is 24.4 Å². The molecule has 0 radical (unpaired) electrons. The molecule has 0 fully saturated rings. The molecule has 0 saturated carbocycles.